The fraction of sp³-hybridized carbons (Fsp3) is 0.667. The van der Waals surface area contributed by atoms with Crippen LogP contribution in [0.4, 0.5) is 0 Å². The van der Waals surface area contributed by atoms with Crippen LogP contribution in [0.3, 0.4) is 0 Å². The van der Waals surface area contributed by atoms with Gasteiger partial charge in [-0.05, 0) is 135 Å². The molecule has 0 N–H and O–H groups in total. The van der Waals surface area contributed by atoms with Gasteiger partial charge in [0, 0.05) is 22.3 Å². The molecule has 0 saturated heterocycles. The van der Waals surface area contributed by atoms with Gasteiger partial charge < -0.3 is 19.4 Å². The van der Waals surface area contributed by atoms with Gasteiger partial charge in [0.15, 0.2) is 0 Å². The molecular formula is C54H90N2Ni. The zero-order chi connectivity index (χ0) is 41.7. The second-order valence-electron chi connectivity index (χ2n) is 15.9. The van der Waals surface area contributed by atoms with Gasteiger partial charge in [0.1, 0.15) is 0 Å². The van der Waals surface area contributed by atoms with E-state index in [1.54, 1.807) is 29.7 Å². The monoisotopic (exact) mass is 825 g/mol. The minimum atomic E-state index is 0. The summed E-state index contributed by atoms with van der Waals surface area (Å²) in [5.74, 6) is 0. The molecule has 1 aliphatic rings. The fourth-order valence-corrected chi connectivity index (χ4v) is 8.83. The molecule has 0 aromatic heterocycles. The second kappa shape index (κ2) is 33.8. The third kappa shape index (κ3) is 17.3. The molecule has 2 aromatic rings. The van der Waals surface area contributed by atoms with Gasteiger partial charge in [-0.3, -0.25) is 0 Å². The second-order valence-corrected chi connectivity index (χ2v) is 15.9. The Balaban J connectivity index is 0.00000607. The van der Waals surface area contributed by atoms with Crippen molar-refractivity contribution in [1.29, 1.82) is 0 Å². The predicted molar refractivity (Wildman–Crippen MR) is 252 cm³/mol. The fourth-order valence-electron chi connectivity index (χ4n) is 8.83. The summed E-state index contributed by atoms with van der Waals surface area (Å²) in [5, 5.41) is 0. The predicted octanol–water partition coefficient (Wildman–Crippen LogP) is 17.8. The standard InChI is InChI=1S/C50H80N2.2C2H5.Ni/c1-9-17-21-23-25-29-33-47-48(34-30-26-24-22-18-10-2)50(44-37-41(15-7)46(32-28-20-12-4)42(16-8)38-44)52(51)49(47)43-35-39(13-5)45(31-27-19-11-3)40(14-6)36-43;2*1-2;/h35-38H,9-34H2,1-8H3;2*1H2,2H3;/q;2*-1;+2. The van der Waals surface area contributed by atoms with Gasteiger partial charge in [-0.2, -0.15) is 13.8 Å². The normalized spacial score (nSPS) is 12.4. The van der Waals surface area contributed by atoms with Gasteiger partial charge in [0.25, 0.3) is 0 Å². The molecule has 0 aliphatic carbocycles. The zero-order valence-electron chi connectivity index (χ0n) is 39.3. The molecule has 2 nitrogen and oxygen atoms in total. The van der Waals surface area contributed by atoms with Gasteiger partial charge in [-0.15, -0.1) is 0 Å². The molecule has 2 aromatic carbocycles. The van der Waals surface area contributed by atoms with Crippen molar-refractivity contribution in [2.75, 3.05) is 0 Å². The maximum Gasteiger partial charge on any atom is 2.00 e. The van der Waals surface area contributed by atoms with Crippen LogP contribution in [-0.2, 0) is 55.0 Å². The molecule has 0 bridgehead atoms. The van der Waals surface area contributed by atoms with E-state index in [4.69, 9.17) is 0 Å². The third-order valence-electron chi connectivity index (χ3n) is 11.9. The van der Waals surface area contributed by atoms with Crippen LogP contribution in [0.1, 0.15) is 242 Å². The molecule has 3 rings (SSSR count). The first kappa shape index (κ1) is 55.0. The molecule has 0 amide bonds. The molecule has 326 valence electrons. The summed E-state index contributed by atoms with van der Waals surface area (Å²) in [5.41, 5.74) is 29.2. The Morgan fingerprint density at radius 2 is 0.632 bits per heavy atom. The van der Waals surface area contributed by atoms with Crippen molar-refractivity contribution in [3.8, 4) is 0 Å². The molecule has 57 heavy (non-hydrogen) atoms. The summed E-state index contributed by atoms with van der Waals surface area (Å²) >= 11 is 0. The number of hydrogen-bond donors (Lipinski definition) is 0. The summed E-state index contributed by atoms with van der Waals surface area (Å²) in [7, 11) is 0. The molecular weight excluding hydrogens is 735 g/mol. The van der Waals surface area contributed by atoms with Crippen LogP contribution in [0.25, 0.3) is 16.9 Å². The quantitative estimate of drug-likeness (QED) is 0.0353. The Bertz CT molecular complexity index is 1290. The van der Waals surface area contributed by atoms with Crippen LogP contribution in [0.5, 0.6) is 0 Å². The molecule has 0 unspecified atom stereocenters. The van der Waals surface area contributed by atoms with Crippen LogP contribution in [0.2, 0.25) is 0 Å². The molecule has 0 radical (unpaired) electrons. The Morgan fingerprint density at radius 1 is 0.386 bits per heavy atom. The first-order chi connectivity index (χ1) is 27.4. The summed E-state index contributed by atoms with van der Waals surface area (Å²) < 4.78 is 1.69. The summed E-state index contributed by atoms with van der Waals surface area (Å²) in [6.07, 6.45) is 31.7. The van der Waals surface area contributed by atoms with E-state index in [2.05, 4.69) is 93.5 Å². The van der Waals surface area contributed by atoms with Gasteiger partial charge >= 0.3 is 16.5 Å². The van der Waals surface area contributed by atoms with Crippen LogP contribution in [0.15, 0.2) is 35.4 Å². The third-order valence-corrected chi connectivity index (χ3v) is 11.9. The van der Waals surface area contributed by atoms with Crippen molar-refractivity contribution in [2.45, 2.75) is 236 Å². The van der Waals surface area contributed by atoms with Crippen molar-refractivity contribution < 1.29 is 21.2 Å². The average Bonchev–Trinajstić information content (AvgIpc) is 3.51. The van der Waals surface area contributed by atoms with E-state index in [0.29, 0.717) is 0 Å². The van der Waals surface area contributed by atoms with Gasteiger partial charge in [0.2, 0.25) is 11.4 Å². The van der Waals surface area contributed by atoms with E-state index in [1.807, 2.05) is 0 Å². The van der Waals surface area contributed by atoms with Crippen molar-refractivity contribution in [3.63, 3.8) is 0 Å². The van der Waals surface area contributed by atoms with E-state index >= 15 is 0 Å². The first-order valence-electron chi connectivity index (χ1n) is 24.1. The number of benzene rings is 2. The number of allylic oxidation sites excluding steroid dienone is 2. The molecule has 0 fully saturated rings. The van der Waals surface area contributed by atoms with E-state index < -0.39 is 0 Å². The maximum atomic E-state index is 12.7. The minimum absolute atomic E-state index is 0. The van der Waals surface area contributed by atoms with E-state index in [1.165, 1.54) is 173 Å². The zero-order valence-corrected chi connectivity index (χ0v) is 40.3. The Kier molecular flexibility index (Phi) is 32.6. The summed E-state index contributed by atoms with van der Waals surface area (Å²) in [6, 6.07) is 9.88. The smallest absolute Gasteiger partial charge is 0.493 e. The van der Waals surface area contributed by atoms with Crippen LogP contribution < -0.4 is 0 Å². The Labute approximate surface area is 366 Å². The van der Waals surface area contributed by atoms with Gasteiger partial charge in [-0.25, -0.2) is 4.70 Å². The molecule has 1 heterocycles. The number of unbranched alkanes of at least 4 members (excludes halogenated alkanes) is 14. The van der Waals surface area contributed by atoms with Gasteiger partial charge in [0.05, 0.1) is 0 Å². The molecule has 0 atom stereocenters. The van der Waals surface area contributed by atoms with Crippen molar-refractivity contribution >= 4 is 11.4 Å². The topological polar surface area (TPSA) is 25.3 Å². The maximum absolute atomic E-state index is 12.7. The summed E-state index contributed by atoms with van der Waals surface area (Å²) in [4.78, 5) is 0. The van der Waals surface area contributed by atoms with Crippen molar-refractivity contribution in [1.82, 2.24) is 0 Å². The van der Waals surface area contributed by atoms with Crippen LogP contribution >= 0.6 is 0 Å². The van der Waals surface area contributed by atoms with Crippen LogP contribution in [-0.4, -0.2) is 4.70 Å². The molecule has 1 aliphatic heterocycles. The first-order valence-corrected chi connectivity index (χ1v) is 24.1. The Hall–Kier alpha value is -1.99. The average molecular weight is 826 g/mol. The van der Waals surface area contributed by atoms with E-state index in [0.717, 1.165) is 49.9 Å². The number of nitrogens with zero attached hydrogens (tertiary/aromatic N) is 2. The van der Waals surface area contributed by atoms with Crippen molar-refractivity contribution in [3.05, 3.63) is 99.3 Å². The van der Waals surface area contributed by atoms with Gasteiger partial charge in [-0.1, -0.05) is 145 Å². The molecule has 3 heteroatoms. The van der Waals surface area contributed by atoms with E-state index in [-0.39, 0.29) is 16.5 Å². The number of hydrogen-bond acceptors (Lipinski definition) is 0. The SMILES string of the molecule is CCCCCCCCC1=C(c2cc(CC)c(CCCCC)c(CC)c2)[N+](=[N-])C(c2cc(CC)c(CCCCC)c(CC)c2)=C1CCCCCCCC.[CH2-]C.[CH2-]C.[Ni+2]. The largest absolute Gasteiger partial charge is 2.00 e. The molecule has 0 spiro atoms. The van der Waals surface area contributed by atoms with Crippen LogP contribution in [0, 0.1) is 13.8 Å². The number of rotatable bonds is 28. The number of aryl methyl sites for hydroxylation is 4. The summed E-state index contributed by atoms with van der Waals surface area (Å²) in [6.45, 7) is 28.5. The van der Waals surface area contributed by atoms with Crippen molar-refractivity contribution in [2.24, 2.45) is 0 Å². The Morgan fingerprint density at radius 3 is 0.912 bits per heavy atom. The minimum Gasteiger partial charge on any atom is -0.493 e. The molecule has 0 saturated carbocycles. The van der Waals surface area contributed by atoms with E-state index in [9.17, 15) is 5.53 Å².